The molecule has 66 valence electrons. The van der Waals surface area contributed by atoms with Gasteiger partial charge in [0.1, 0.15) is 0 Å². The Morgan fingerprint density at radius 2 is 2.08 bits per heavy atom. The van der Waals surface area contributed by atoms with Crippen LogP contribution in [0.4, 0.5) is 0 Å². The Bertz CT molecular complexity index is 329. The third-order valence-corrected chi connectivity index (χ3v) is 10.7. The molecule has 0 nitrogen and oxygen atoms in total. The van der Waals surface area contributed by atoms with Gasteiger partial charge in [-0.15, -0.1) is 0 Å². The lowest BCUT2D eigenvalue weighted by Gasteiger charge is -2.23. The maximum atomic E-state index is 5.94. The molecule has 0 spiro atoms. The zero-order valence-corrected chi connectivity index (χ0v) is 9.42. The molecule has 0 aromatic carbocycles. The van der Waals surface area contributed by atoms with Gasteiger partial charge >= 0.3 is 0 Å². The van der Waals surface area contributed by atoms with Crippen molar-refractivity contribution in [2.24, 2.45) is 5.92 Å². The van der Waals surface area contributed by atoms with Crippen LogP contribution < -0.4 is 0 Å². The van der Waals surface area contributed by atoms with Gasteiger partial charge in [0.15, 0.2) is 0 Å². The third kappa shape index (κ3) is 0.622. The van der Waals surface area contributed by atoms with E-state index in [-0.39, 0.29) is 0 Å². The smallest absolute Gasteiger partial charge is 0.0125 e. The first kappa shape index (κ1) is 7.76. The molecule has 12 heavy (non-hydrogen) atoms. The highest BCUT2D eigenvalue weighted by Crippen LogP contribution is 2.78. The molecule has 3 rings (SSSR count). The van der Waals surface area contributed by atoms with Crippen LogP contribution in [-0.2, 0) is 11.8 Å². The van der Waals surface area contributed by atoms with Gasteiger partial charge < -0.3 is 0 Å². The lowest BCUT2D eigenvalue weighted by Crippen LogP contribution is -2.17. The summed E-state index contributed by atoms with van der Waals surface area (Å²) in [7, 11) is 0. The Hall–Kier alpha value is 0.390. The summed E-state index contributed by atoms with van der Waals surface area (Å²) in [6, 6.07) is -0.901. The number of rotatable bonds is 0. The fraction of sp³-hybridized carbons (Fsp3) is 0.800. The van der Waals surface area contributed by atoms with Gasteiger partial charge in [-0.05, 0) is 44.8 Å². The van der Waals surface area contributed by atoms with E-state index < -0.39 is 6.04 Å². The van der Waals surface area contributed by atoms with Crippen LogP contribution in [0.15, 0.2) is 11.1 Å². The van der Waals surface area contributed by atoms with Crippen LogP contribution in [0.3, 0.4) is 0 Å². The minimum atomic E-state index is -0.901. The van der Waals surface area contributed by atoms with Crippen molar-refractivity contribution in [3.8, 4) is 0 Å². The standard InChI is InChI=1S/C10H15PS/c1-6-7(2)10-8-3-4-11(10,12)9(6)5-8/h8-10H,3-5H2,1-2H3/t8-,9-,10-,11?/m0/s1. The normalized spacial score (nSPS) is 55.7. The van der Waals surface area contributed by atoms with E-state index in [1.807, 2.05) is 0 Å². The molecule has 2 fully saturated rings. The van der Waals surface area contributed by atoms with E-state index in [0.717, 1.165) is 17.2 Å². The largest absolute Gasteiger partial charge is 0.0962 e. The summed E-state index contributed by atoms with van der Waals surface area (Å²) in [6.07, 6.45) is 4.35. The van der Waals surface area contributed by atoms with Gasteiger partial charge in [-0.3, -0.25) is 0 Å². The quantitative estimate of drug-likeness (QED) is 0.426. The van der Waals surface area contributed by atoms with Crippen molar-refractivity contribution >= 4 is 17.8 Å². The molecule has 0 radical (unpaired) electrons. The molecular formula is C10H15PS. The maximum absolute atomic E-state index is 5.94. The molecule has 1 unspecified atom stereocenters. The van der Waals surface area contributed by atoms with E-state index in [1.165, 1.54) is 19.0 Å². The Balaban J connectivity index is 2.22. The van der Waals surface area contributed by atoms with Crippen LogP contribution >= 0.6 is 6.04 Å². The Morgan fingerprint density at radius 1 is 1.33 bits per heavy atom. The van der Waals surface area contributed by atoms with Gasteiger partial charge in [0, 0.05) is 11.3 Å². The fourth-order valence-electron chi connectivity index (χ4n) is 3.77. The van der Waals surface area contributed by atoms with Crippen molar-refractivity contribution in [2.75, 3.05) is 6.16 Å². The van der Waals surface area contributed by atoms with Crippen molar-refractivity contribution in [3.05, 3.63) is 11.1 Å². The molecule has 0 N–H and O–H groups in total. The van der Waals surface area contributed by atoms with E-state index in [2.05, 4.69) is 13.8 Å². The Morgan fingerprint density at radius 3 is 2.67 bits per heavy atom. The van der Waals surface area contributed by atoms with Crippen LogP contribution in [0.2, 0.25) is 0 Å². The first-order valence-electron chi connectivity index (χ1n) is 4.90. The fourth-order valence-corrected chi connectivity index (χ4v) is 10.8. The highest BCUT2D eigenvalue weighted by molar-refractivity contribution is 8.15. The summed E-state index contributed by atoms with van der Waals surface area (Å²) in [4.78, 5) is 0. The molecule has 3 aliphatic heterocycles. The third-order valence-electron chi connectivity index (χ3n) is 4.39. The maximum Gasteiger partial charge on any atom is 0.0125 e. The van der Waals surface area contributed by atoms with Crippen LogP contribution in [0.5, 0.6) is 0 Å². The summed E-state index contributed by atoms with van der Waals surface area (Å²) < 4.78 is 0. The zero-order chi connectivity index (χ0) is 8.51. The second-order valence-electron chi connectivity index (χ2n) is 4.69. The first-order chi connectivity index (χ1) is 5.64. The van der Waals surface area contributed by atoms with Gasteiger partial charge in [0.05, 0.1) is 0 Å². The Kier molecular flexibility index (Phi) is 1.34. The highest BCUT2D eigenvalue weighted by Gasteiger charge is 2.58. The molecule has 2 saturated heterocycles. The predicted molar refractivity (Wildman–Crippen MR) is 57.8 cm³/mol. The molecule has 0 amide bonds. The molecule has 2 heteroatoms. The average Bonchev–Trinajstić information content (AvgIpc) is 2.55. The molecule has 0 aliphatic carbocycles. The van der Waals surface area contributed by atoms with Gasteiger partial charge in [0.25, 0.3) is 0 Å². The van der Waals surface area contributed by atoms with E-state index in [0.29, 0.717) is 0 Å². The van der Waals surface area contributed by atoms with Crippen LogP contribution in [-0.4, -0.2) is 17.5 Å². The lowest BCUT2D eigenvalue weighted by atomic mass is 9.84. The Labute approximate surface area is 79.4 Å². The summed E-state index contributed by atoms with van der Waals surface area (Å²) in [5, 5.41) is 0. The molecular weight excluding hydrogens is 183 g/mol. The number of allylic oxidation sites excluding steroid dienone is 2. The van der Waals surface area contributed by atoms with Crippen LogP contribution in [0, 0.1) is 5.92 Å². The number of hydrogen-bond donors (Lipinski definition) is 0. The molecule has 0 saturated carbocycles. The van der Waals surface area contributed by atoms with Crippen molar-refractivity contribution in [1.82, 2.24) is 0 Å². The van der Waals surface area contributed by atoms with E-state index >= 15 is 0 Å². The SMILES string of the molecule is CC1=C(C)[C@H]2[C@H]3CCP2(=S)[C@H]1C3. The van der Waals surface area contributed by atoms with Gasteiger partial charge in [-0.1, -0.05) is 23.0 Å². The highest BCUT2D eigenvalue weighted by atomic mass is 32.4. The van der Waals surface area contributed by atoms with Crippen molar-refractivity contribution in [1.29, 1.82) is 0 Å². The molecule has 0 aromatic rings. The van der Waals surface area contributed by atoms with Gasteiger partial charge in [-0.2, -0.15) is 0 Å². The minimum absolute atomic E-state index is 0.899. The second-order valence-corrected chi connectivity index (χ2v) is 10.1. The van der Waals surface area contributed by atoms with Gasteiger partial charge in [0.2, 0.25) is 0 Å². The summed E-state index contributed by atoms with van der Waals surface area (Å²) in [6.45, 7) is 4.68. The van der Waals surface area contributed by atoms with E-state index in [9.17, 15) is 0 Å². The summed E-state index contributed by atoms with van der Waals surface area (Å²) in [5.41, 5.74) is 5.21. The predicted octanol–water partition coefficient (Wildman–Crippen LogP) is 2.98. The molecule has 3 aliphatic rings. The summed E-state index contributed by atoms with van der Waals surface area (Å²) in [5.74, 6) is 1.02. The monoisotopic (exact) mass is 198 g/mol. The molecule has 3 heterocycles. The number of hydrogen-bond acceptors (Lipinski definition) is 1. The van der Waals surface area contributed by atoms with Crippen LogP contribution in [0.25, 0.3) is 0 Å². The average molecular weight is 198 g/mol. The molecule has 4 bridgehead atoms. The summed E-state index contributed by atoms with van der Waals surface area (Å²) >= 11 is 5.94. The van der Waals surface area contributed by atoms with E-state index in [1.54, 1.807) is 11.1 Å². The lowest BCUT2D eigenvalue weighted by molar-refractivity contribution is 0.495. The molecule has 0 aromatic heterocycles. The van der Waals surface area contributed by atoms with Crippen molar-refractivity contribution in [3.63, 3.8) is 0 Å². The van der Waals surface area contributed by atoms with Crippen LogP contribution in [0.1, 0.15) is 26.7 Å². The topological polar surface area (TPSA) is 0 Å². The molecule has 4 atom stereocenters. The second kappa shape index (κ2) is 2.07. The van der Waals surface area contributed by atoms with Crippen molar-refractivity contribution < 1.29 is 0 Å². The van der Waals surface area contributed by atoms with Gasteiger partial charge in [-0.25, -0.2) is 0 Å². The zero-order valence-electron chi connectivity index (χ0n) is 7.71. The van der Waals surface area contributed by atoms with Crippen molar-refractivity contribution in [2.45, 2.75) is 38.0 Å². The minimum Gasteiger partial charge on any atom is -0.0962 e. The first-order valence-corrected chi connectivity index (χ1v) is 8.03. The van der Waals surface area contributed by atoms with E-state index in [4.69, 9.17) is 11.8 Å².